The normalized spacial score (nSPS) is 11.2. The fourth-order valence-electron chi connectivity index (χ4n) is 3.13. The summed E-state index contributed by atoms with van der Waals surface area (Å²) in [4.78, 5) is 12.7. The predicted molar refractivity (Wildman–Crippen MR) is 122 cm³/mol. The number of carbonyl (C=O) groups excluding carboxylic acids is 1. The summed E-state index contributed by atoms with van der Waals surface area (Å²) in [5.41, 5.74) is 3.83. The lowest BCUT2D eigenvalue weighted by molar-refractivity contribution is 0.0950. The summed E-state index contributed by atoms with van der Waals surface area (Å²) in [5.74, 6) is -0.341. The summed E-state index contributed by atoms with van der Waals surface area (Å²) < 4.78 is 32.5. The van der Waals surface area contributed by atoms with Crippen molar-refractivity contribution in [1.82, 2.24) is 5.32 Å². The van der Waals surface area contributed by atoms with Crippen LogP contribution in [0.1, 0.15) is 27.0 Å². The standard InChI is InChI=1S/C24H26N2O4S/c1-18-10-12-22(13-11-18)26(2)31(28,29)23-9-5-8-21(15-23)24(27)25-16-19-6-4-7-20(14-19)17-30-3/h4-15H,16-17H2,1-3H3,(H,25,27). The molecule has 3 aromatic rings. The molecule has 0 aliphatic carbocycles. The van der Waals surface area contributed by atoms with E-state index in [1.807, 2.05) is 43.3 Å². The van der Waals surface area contributed by atoms with E-state index in [2.05, 4.69) is 5.32 Å². The predicted octanol–water partition coefficient (Wildman–Crippen LogP) is 3.90. The van der Waals surface area contributed by atoms with Crippen LogP contribution in [0.15, 0.2) is 77.7 Å². The minimum absolute atomic E-state index is 0.0605. The van der Waals surface area contributed by atoms with Gasteiger partial charge >= 0.3 is 0 Å². The van der Waals surface area contributed by atoms with Crippen molar-refractivity contribution < 1.29 is 17.9 Å². The number of hydrogen-bond donors (Lipinski definition) is 1. The summed E-state index contributed by atoms with van der Waals surface area (Å²) >= 11 is 0. The average Bonchev–Trinajstić information content (AvgIpc) is 2.78. The van der Waals surface area contributed by atoms with Crippen molar-refractivity contribution >= 4 is 21.6 Å². The van der Waals surface area contributed by atoms with Gasteiger partial charge < -0.3 is 10.1 Å². The van der Waals surface area contributed by atoms with Crippen LogP contribution in [-0.4, -0.2) is 28.5 Å². The molecule has 6 nitrogen and oxygen atoms in total. The van der Waals surface area contributed by atoms with E-state index in [0.29, 0.717) is 18.8 Å². The van der Waals surface area contributed by atoms with Gasteiger partial charge in [-0.15, -0.1) is 0 Å². The lowest BCUT2D eigenvalue weighted by atomic mass is 10.1. The second-order valence-corrected chi connectivity index (χ2v) is 9.24. The summed E-state index contributed by atoms with van der Waals surface area (Å²) in [6.07, 6.45) is 0. The summed E-state index contributed by atoms with van der Waals surface area (Å²) in [6.45, 7) is 2.76. The smallest absolute Gasteiger partial charge is 0.264 e. The first-order chi connectivity index (χ1) is 14.8. The van der Waals surface area contributed by atoms with Crippen LogP contribution in [0.25, 0.3) is 0 Å². The zero-order chi connectivity index (χ0) is 22.4. The molecule has 162 valence electrons. The zero-order valence-corrected chi connectivity index (χ0v) is 18.6. The number of nitrogens with zero attached hydrogens (tertiary/aromatic N) is 1. The number of nitrogens with one attached hydrogen (secondary N) is 1. The van der Waals surface area contributed by atoms with E-state index in [0.717, 1.165) is 16.7 Å². The molecule has 0 aliphatic heterocycles. The highest BCUT2D eigenvalue weighted by atomic mass is 32.2. The average molecular weight is 439 g/mol. The minimum atomic E-state index is -3.80. The molecule has 7 heteroatoms. The molecular formula is C24H26N2O4S. The van der Waals surface area contributed by atoms with Gasteiger partial charge in [-0.25, -0.2) is 8.42 Å². The first-order valence-corrected chi connectivity index (χ1v) is 11.3. The van der Waals surface area contributed by atoms with Crippen molar-refractivity contribution in [2.24, 2.45) is 0 Å². The lowest BCUT2D eigenvalue weighted by Gasteiger charge is -2.20. The summed E-state index contributed by atoms with van der Waals surface area (Å²) in [5, 5.41) is 2.84. The Morgan fingerprint density at radius 3 is 2.35 bits per heavy atom. The number of carbonyl (C=O) groups is 1. The van der Waals surface area contributed by atoms with E-state index in [4.69, 9.17) is 4.74 Å². The maximum Gasteiger partial charge on any atom is 0.264 e. The largest absolute Gasteiger partial charge is 0.380 e. The van der Waals surface area contributed by atoms with Gasteiger partial charge in [0.05, 0.1) is 17.2 Å². The Morgan fingerprint density at radius 2 is 1.65 bits per heavy atom. The van der Waals surface area contributed by atoms with Gasteiger partial charge in [-0.1, -0.05) is 48.0 Å². The van der Waals surface area contributed by atoms with Crippen LogP contribution in [-0.2, 0) is 27.9 Å². The molecule has 0 aliphatic rings. The van der Waals surface area contributed by atoms with Crippen LogP contribution in [0.4, 0.5) is 5.69 Å². The zero-order valence-electron chi connectivity index (χ0n) is 17.8. The number of benzene rings is 3. The quantitative estimate of drug-likeness (QED) is 0.579. The Balaban J connectivity index is 1.75. The molecule has 31 heavy (non-hydrogen) atoms. The number of anilines is 1. The molecule has 0 unspecified atom stereocenters. The highest BCUT2D eigenvalue weighted by Gasteiger charge is 2.22. The third-order valence-corrected chi connectivity index (χ3v) is 6.69. The van der Waals surface area contributed by atoms with Crippen LogP contribution in [0.2, 0.25) is 0 Å². The van der Waals surface area contributed by atoms with Gasteiger partial charge in [0, 0.05) is 26.3 Å². The first-order valence-electron chi connectivity index (χ1n) is 9.82. The third kappa shape index (κ3) is 5.51. The SMILES string of the molecule is COCc1cccc(CNC(=O)c2cccc(S(=O)(=O)N(C)c3ccc(C)cc3)c2)c1. The van der Waals surface area contributed by atoms with Crippen LogP contribution in [0, 0.1) is 6.92 Å². The topological polar surface area (TPSA) is 75.7 Å². The van der Waals surface area contributed by atoms with E-state index in [-0.39, 0.29) is 16.4 Å². The second kappa shape index (κ2) is 9.76. The molecule has 0 atom stereocenters. The molecule has 0 radical (unpaired) electrons. The van der Waals surface area contributed by atoms with Crippen molar-refractivity contribution in [2.75, 3.05) is 18.5 Å². The number of rotatable bonds is 8. The van der Waals surface area contributed by atoms with E-state index in [1.54, 1.807) is 31.4 Å². The first kappa shape index (κ1) is 22.5. The molecule has 3 aromatic carbocycles. The molecule has 1 amide bonds. The molecule has 3 rings (SSSR count). The van der Waals surface area contributed by atoms with E-state index < -0.39 is 10.0 Å². The number of amides is 1. The van der Waals surface area contributed by atoms with Crippen molar-refractivity contribution in [2.45, 2.75) is 25.0 Å². The molecule has 0 spiro atoms. The molecular weight excluding hydrogens is 412 g/mol. The minimum Gasteiger partial charge on any atom is -0.380 e. The Labute approximate surface area is 183 Å². The van der Waals surface area contributed by atoms with Crippen LogP contribution in [0.5, 0.6) is 0 Å². The maximum atomic E-state index is 13.1. The number of hydrogen-bond acceptors (Lipinski definition) is 4. The Kier molecular flexibility index (Phi) is 7.09. The van der Waals surface area contributed by atoms with Gasteiger partial charge in [-0.2, -0.15) is 0 Å². The van der Waals surface area contributed by atoms with Crippen molar-refractivity contribution in [3.05, 3.63) is 95.1 Å². The van der Waals surface area contributed by atoms with Gasteiger partial charge in [0.25, 0.3) is 15.9 Å². The summed E-state index contributed by atoms with van der Waals surface area (Å²) in [7, 11) is -0.670. The van der Waals surface area contributed by atoms with Crippen LogP contribution < -0.4 is 9.62 Å². The van der Waals surface area contributed by atoms with Crippen LogP contribution in [0.3, 0.4) is 0 Å². The van der Waals surface area contributed by atoms with Gasteiger partial charge in [-0.3, -0.25) is 9.10 Å². The molecule has 0 saturated carbocycles. The van der Waals surface area contributed by atoms with Gasteiger partial charge in [0.15, 0.2) is 0 Å². The molecule has 0 aromatic heterocycles. The summed E-state index contributed by atoms with van der Waals surface area (Å²) in [6, 6.07) is 21.0. The van der Waals surface area contributed by atoms with Crippen molar-refractivity contribution in [3.63, 3.8) is 0 Å². The van der Waals surface area contributed by atoms with Crippen molar-refractivity contribution in [3.8, 4) is 0 Å². The number of ether oxygens (including phenoxy) is 1. The monoisotopic (exact) mass is 438 g/mol. The lowest BCUT2D eigenvalue weighted by Crippen LogP contribution is -2.27. The molecule has 0 saturated heterocycles. The highest BCUT2D eigenvalue weighted by molar-refractivity contribution is 7.92. The third-order valence-electron chi connectivity index (χ3n) is 4.91. The van der Waals surface area contributed by atoms with E-state index in [1.165, 1.54) is 23.5 Å². The molecule has 1 N–H and O–H groups in total. The van der Waals surface area contributed by atoms with E-state index >= 15 is 0 Å². The molecule has 0 fully saturated rings. The fraction of sp³-hybridized carbons (Fsp3) is 0.208. The van der Waals surface area contributed by atoms with Gasteiger partial charge in [0.1, 0.15) is 0 Å². The Morgan fingerprint density at radius 1 is 0.968 bits per heavy atom. The number of aryl methyl sites for hydroxylation is 1. The Hall–Kier alpha value is -3.16. The number of sulfonamides is 1. The van der Waals surface area contributed by atoms with E-state index in [9.17, 15) is 13.2 Å². The van der Waals surface area contributed by atoms with Gasteiger partial charge in [0.2, 0.25) is 0 Å². The molecule has 0 bridgehead atoms. The Bertz CT molecular complexity index is 1160. The fourth-order valence-corrected chi connectivity index (χ4v) is 4.37. The second-order valence-electron chi connectivity index (χ2n) is 7.27. The highest BCUT2D eigenvalue weighted by Crippen LogP contribution is 2.23. The van der Waals surface area contributed by atoms with Crippen LogP contribution >= 0.6 is 0 Å². The van der Waals surface area contributed by atoms with Gasteiger partial charge in [-0.05, 0) is 48.4 Å². The maximum absolute atomic E-state index is 13.1. The van der Waals surface area contributed by atoms with Crippen molar-refractivity contribution in [1.29, 1.82) is 0 Å². The molecule has 0 heterocycles. The number of methoxy groups -OCH3 is 1.